The third-order valence-electron chi connectivity index (χ3n) is 12.0. The summed E-state index contributed by atoms with van der Waals surface area (Å²) in [7, 11) is -7.49. The number of aromatic hydroxyl groups is 2. The Bertz CT molecular complexity index is 3490. The smallest absolute Gasteiger partial charge is 0.206 e. The van der Waals surface area contributed by atoms with Crippen molar-refractivity contribution in [2.75, 3.05) is 14.2 Å². The summed E-state index contributed by atoms with van der Waals surface area (Å²) in [5.74, 6) is 2.73. The van der Waals surface area contributed by atoms with Crippen LogP contribution in [0.4, 0.5) is 0 Å². The van der Waals surface area contributed by atoms with E-state index in [1.807, 2.05) is 68.4 Å². The molecule has 9 aromatic rings. The maximum absolute atomic E-state index is 12.8. The molecule has 0 heterocycles. The van der Waals surface area contributed by atoms with Crippen LogP contribution in [0.3, 0.4) is 0 Å². The lowest BCUT2D eigenvalue weighted by atomic mass is 9.78. The molecule has 0 aromatic heterocycles. The minimum absolute atomic E-state index is 0.0312. The van der Waals surface area contributed by atoms with Gasteiger partial charge in [-0.2, -0.15) is 0 Å². The first-order valence-corrected chi connectivity index (χ1v) is 28.2. The molecule has 0 spiro atoms. The number of phenolic OH excluding ortho intramolecular Hbond substituents is 2. The Morgan fingerprint density at radius 2 is 0.553 bits per heavy atom. The normalized spacial score (nSPS) is 11.2. The fourth-order valence-corrected chi connectivity index (χ4v) is 11.1. The van der Waals surface area contributed by atoms with Crippen LogP contribution in [0.5, 0.6) is 34.5 Å². The zero-order valence-corrected chi connectivity index (χ0v) is 45.6. The minimum atomic E-state index is -3.57. The third kappa shape index (κ3) is 15.0. The molecule has 0 fully saturated rings. The highest BCUT2D eigenvalue weighted by Crippen LogP contribution is 2.35. The number of sulfone groups is 3. The Morgan fingerprint density at radius 1 is 0.316 bits per heavy atom. The summed E-state index contributed by atoms with van der Waals surface area (Å²) in [4.78, 5) is 1.41. The summed E-state index contributed by atoms with van der Waals surface area (Å²) in [6.45, 7) is 10.2. The Kier molecular flexibility index (Phi) is 19.1. The second-order valence-electron chi connectivity index (χ2n) is 17.9. The molecule has 0 saturated heterocycles. The van der Waals surface area contributed by atoms with Crippen molar-refractivity contribution >= 4 is 29.5 Å². The third-order valence-corrected chi connectivity index (χ3v) is 17.4. The lowest BCUT2D eigenvalue weighted by molar-refractivity contribution is 0.414. The molecule has 14 heteroatoms. The lowest BCUT2D eigenvalue weighted by Gasteiger charge is -2.26. The molecule has 9 rings (SSSR count). The van der Waals surface area contributed by atoms with E-state index < -0.39 is 29.5 Å². The highest BCUT2D eigenvalue weighted by molar-refractivity contribution is 7.92. The minimum Gasteiger partial charge on any atom is -0.508 e. The maximum Gasteiger partial charge on any atom is 0.206 e. The van der Waals surface area contributed by atoms with Gasteiger partial charge in [0.1, 0.15) is 34.5 Å². The summed E-state index contributed by atoms with van der Waals surface area (Å²) in [6, 6.07) is 63.4. The number of hydrogen-bond donors (Lipinski definition) is 2. The van der Waals surface area contributed by atoms with Gasteiger partial charge in [-0.15, -0.1) is 0 Å². The van der Waals surface area contributed by atoms with E-state index >= 15 is 0 Å². The van der Waals surface area contributed by atoms with Gasteiger partial charge in [0.25, 0.3) is 0 Å². The van der Waals surface area contributed by atoms with E-state index in [2.05, 4.69) is 32.9 Å². The molecule has 0 atom stereocenters. The predicted octanol–water partition coefficient (Wildman–Crippen LogP) is 13.7. The van der Waals surface area contributed by atoms with E-state index in [4.69, 9.17) is 19.3 Å². The molecule has 0 aliphatic carbocycles. The SMILES string of the molecule is COc1ccc(S(=O)(=O)c2ccc(C)cc2)cc1.COc1ccc(S(=O)(=O)c2ccc(O)cc2)cc1.Cc1ccc(S(=O)(=O)c2ccc(Oc3ccc(C(C)(C)c4ccc(O)cc4)cc3)cc2)cc1.Cc1ccccc1. The first kappa shape index (κ1) is 57.1. The summed E-state index contributed by atoms with van der Waals surface area (Å²) in [5, 5.41) is 18.7. The lowest BCUT2D eigenvalue weighted by Crippen LogP contribution is -2.18. The van der Waals surface area contributed by atoms with Crippen molar-refractivity contribution < 1.29 is 49.7 Å². The van der Waals surface area contributed by atoms with Crippen LogP contribution < -0.4 is 14.2 Å². The molecule has 2 N–H and O–H groups in total. The molecule has 0 radical (unpaired) electrons. The van der Waals surface area contributed by atoms with Crippen molar-refractivity contribution in [1.82, 2.24) is 0 Å². The van der Waals surface area contributed by atoms with Gasteiger partial charge < -0.3 is 24.4 Å². The Balaban J connectivity index is 0.000000184. The van der Waals surface area contributed by atoms with Crippen LogP contribution in [0.2, 0.25) is 0 Å². The van der Waals surface area contributed by atoms with E-state index in [1.165, 1.54) is 49.1 Å². The molecule has 392 valence electrons. The Morgan fingerprint density at radius 3 is 0.842 bits per heavy atom. The number of hydrogen-bond acceptors (Lipinski definition) is 11. The molecule has 0 saturated carbocycles. The van der Waals surface area contributed by atoms with Gasteiger partial charge in [-0.3, -0.25) is 0 Å². The number of aryl methyl sites for hydroxylation is 3. The molecule has 0 aliphatic heterocycles. The van der Waals surface area contributed by atoms with Gasteiger partial charge >= 0.3 is 0 Å². The first-order chi connectivity index (χ1) is 36.1. The van der Waals surface area contributed by atoms with Crippen LogP contribution in [0.1, 0.15) is 41.7 Å². The van der Waals surface area contributed by atoms with E-state index in [1.54, 1.807) is 128 Å². The summed E-state index contributed by atoms with van der Waals surface area (Å²) in [5.41, 5.74) is 5.33. The van der Waals surface area contributed by atoms with Crippen LogP contribution >= 0.6 is 0 Å². The fourth-order valence-electron chi connectivity index (χ4n) is 7.32. The molecule has 76 heavy (non-hydrogen) atoms. The van der Waals surface area contributed by atoms with Crippen molar-refractivity contribution in [3.05, 3.63) is 252 Å². The van der Waals surface area contributed by atoms with Crippen molar-refractivity contribution in [3.63, 3.8) is 0 Å². The predicted molar refractivity (Wildman–Crippen MR) is 297 cm³/mol. The van der Waals surface area contributed by atoms with Crippen molar-refractivity contribution in [3.8, 4) is 34.5 Å². The van der Waals surface area contributed by atoms with Gasteiger partial charge in [0, 0.05) is 5.41 Å². The number of methoxy groups -OCH3 is 2. The summed E-state index contributed by atoms with van der Waals surface area (Å²) < 4.78 is 90.6. The van der Waals surface area contributed by atoms with E-state index in [9.17, 15) is 30.4 Å². The quantitative estimate of drug-likeness (QED) is 0.119. The Labute approximate surface area is 447 Å². The molecule has 0 aliphatic rings. The second-order valence-corrected chi connectivity index (χ2v) is 23.8. The average Bonchev–Trinajstić information content (AvgIpc) is 3.42. The molecule has 9 aromatic carbocycles. The monoisotopic (exact) mass is 1080 g/mol. The van der Waals surface area contributed by atoms with Crippen molar-refractivity contribution in [1.29, 1.82) is 0 Å². The van der Waals surface area contributed by atoms with E-state index in [-0.39, 0.29) is 41.4 Å². The molecule has 0 bridgehead atoms. The van der Waals surface area contributed by atoms with E-state index in [0.717, 1.165) is 22.3 Å². The van der Waals surface area contributed by atoms with Crippen molar-refractivity contribution in [2.24, 2.45) is 0 Å². The molecule has 0 unspecified atom stereocenters. The summed E-state index contributed by atoms with van der Waals surface area (Å²) >= 11 is 0. The average molecular weight is 1080 g/mol. The van der Waals surface area contributed by atoms with Crippen molar-refractivity contribution in [2.45, 2.75) is 69.4 Å². The van der Waals surface area contributed by atoms with Crippen LogP contribution in [0.25, 0.3) is 0 Å². The van der Waals surface area contributed by atoms with Gasteiger partial charge in [-0.05, 0) is 177 Å². The molecular formula is C62H60O11S3. The van der Waals surface area contributed by atoms with Crippen LogP contribution in [-0.4, -0.2) is 49.7 Å². The molecular weight excluding hydrogens is 1020 g/mol. The number of phenols is 2. The second kappa shape index (κ2) is 25.4. The van der Waals surface area contributed by atoms with Crippen LogP contribution in [-0.2, 0) is 34.9 Å². The maximum atomic E-state index is 12.8. The van der Waals surface area contributed by atoms with Gasteiger partial charge in [0.15, 0.2) is 0 Å². The van der Waals surface area contributed by atoms with Gasteiger partial charge in [-0.1, -0.05) is 109 Å². The van der Waals surface area contributed by atoms with E-state index in [0.29, 0.717) is 27.9 Å². The van der Waals surface area contributed by atoms with Gasteiger partial charge in [0.05, 0.1) is 43.6 Å². The topological polar surface area (TPSA) is 171 Å². The van der Waals surface area contributed by atoms with Crippen LogP contribution in [0, 0.1) is 20.8 Å². The zero-order chi connectivity index (χ0) is 55.1. The Hall–Kier alpha value is -8.17. The highest BCUT2D eigenvalue weighted by Gasteiger charge is 2.24. The number of rotatable bonds is 12. The standard InChI is InChI=1S/C28H26O4S.C14H14O3S.C13H12O4S.C7H8/c1-20-4-16-26(17-5-20)33(30,31)27-18-14-25(15-19-27)32-24-12-8-22(9-13-24)28(2,3)21-6-10-23(29)11-7-21;1-11-3-7-13(8-4-11)18(15,16)14-9-5-12(17-2)6-10-14;1-17-11-4-8-13(9-5-11)18(15,16)12-6-2-10(14)3-7-12;1-7-5-3-2-4-6-7/h4-19,29H,1-3H3;3-10H,1-2H3;2-9,14H,1H3;2-6H,1H3. The number of ether oxygens (including phenoxy) is 3. The largest absolute Gasteiger partial charge is 0.508 e. The zero-order valence-electron chi connectivity index (χ0n) is 43.2. The van der Waals surface area contributed by atoms with Gasteiger partial charge in [-0.25, -0.2) is 25.3 Å². The highest BCUT2D eigenvalue weighted by atomic mass is 32.2. The first-order valence-electron chi connectivity index (χ1n) is 23.8. The number of benzene rings is 9. The van der Waals surface area contributed by atoms with Crippen LogP contribution in [0.15, 0.2) is 254 Å². The van der Waals surface area contributed by atoms with Gasteiger partial charge in [0.2, 0.25) is 29.5 Å². The summed E-state index contributed by atoms with van der Waals surface area (Å²) in [6.07, 6.45) is 0. The molecule has 0 amide bonds. The molecule has 11 nitrogen and oxygen atoms in total. The fraction of sp³-hybridized carbons (Fsp3) is 0.129.